The number of hydrogen-bond acceptors (Lipinski definition) is 4. The van der Waals surface area contributed by atoms with E-state index < -0.39 is 12.0 Å². The van der Waals surface area contributed by atoms with Gasteiger partial charge >= 0.3 is 5.97 Å². The molecule has 1 unspecified atom stereocenters. The number of hydrogen-bond donors (Lipinski definition) is 2. The molecule has 1 rings (SSSR count). The molecule has 110 valence electrons. The summed E-state index contributed by atoms with van der Waals surface area (Å²) in [6.45, 7) is 3.66. The Kier molecular flexibility index (Phi) is 6.67. The van der Waals surface area contributed by atoms with E-state index in [1.54, 1.807) is 0 Å². The van der Waals surface area contributed by atoms with E-state index in [1.165, 1.54) is 14.0 Å². The lowest BCUT2D eigenvalue weighted by molar-refractivity contribution is -0.144. The molecule has 2 atom stereocenters. The predicted octanol–water partition coefficient (Wildman–Crippen LogP) is 1.78. The Hall–Kier alpha value is -1.40. The Bertz CT molecular complexity index is 479. The van der Waals surface area contributed by atoms with Crippen molar-refractivity contribution in [3.05, 3.63) is 34.3 Å². The number of benzene rings is 1. The molecular formula is C14H19BrN2O3. The molecular weight excluding hydrogens is 324 g/mol. The van der Waals surface area contributed by atoms with Crippen molar-refractivity contribution in [1.82, 2.24) is 10.6 Å². The molecule has 6 heteroatoms. The average molecular weight is 343 g/mol. The third-order valence-electron chi connectivity index (χ3n) is 2.84. The van der Waals surface area contributed by atoms with Crippen molar-refractivity contribution in [2.75, 3.05) is 13.7 Å². The van der Waals surface area contributed by atoms with Gasteiger partial charge in [-0.1, -0.05) is 28.1 Å². The Morgan fingerprint density at radius 1 is 1.40 bits per heavy atom. The molecule has 20 heavy (non-hydrogen) atoms. The summed E-state index contributed by atoms with van der Waals surface area (Å²) in [5.41, 5.74) is 1.09. The van der Waals surface area contributed by atoms with E-state index >= 15 is 0 Å². The highest BCUT2D eigenvalue weighted by atomic mass is 79.9. The van der Waals surface area contributed by atoms with Gasteiger partial charge in [0, 0.05) is 24.0 Å². The number of amides is 1. The normalized spacial score (nSPS) is 13.4. The zero-order valence-electron chi connectivity index (χ0n) is 11.8. The summed E-state index contributed by atoms with van der Waals surface area (Å²) in [6, 6.07) is 7.26. The summed E-state index contributed by atoms with van der Waals surface area (Å²) in [5.74, 6) is -0.730. The maximum Gasteiger partial charge on any atom is 0.329 e. The molecule has 0 spiro atoms. The van der Waals surface area contributed by atoms with Gasteiger partial charge in [-0.25, -0.2) is 4.79 Å². The number of methoxy groups -OCH3 is 1. The average Bonchev–Trinajstić information content (AvgIpc) is 2.41. The van der Waals surface area contributed by atoms with E-state index in [1.807, 2.05) is 31.2 Å². The van der Waals surface area contributed by atoms with E-state index in [-0.39, 0.29) is 11.9 Å². The summed E-state index contributed by atoms with van der Waals surface area (Å²) in [7, 11) is 1.30. The number of halogens is 1. The van der Waals surface area contributed by atoms with Crippen LogP contribution in [0.1, 0.15) is 25.5 Å². The molecule has 0 aliphatic carbocycles. The lowest BCUT2D eigenvalue weighted by Crippen LogP contribution is -2.47. The van der Waals surface area contributed by atoms with Crippen LogP contribution in [-0.2, 0) is 14.3 Å². The van der Waals surface area contributed by atoms with Gasteiger partial charge in [0.1, 0.15) is 6.04 Å². The van der Waals surface area contributed by atoms with Gasteiger partial charge in [-0.05, 0) is 24.6 Å². The van der Waals surface area contributed by atoms with Crippen molar-refractivity contribution in [2.45, 2.75) is 25.9 Å². The number of rotatable bonds is 6. The minimum atomic E-state index is -0.688. The quantitative estimate of drug-likeness (QED) is 0.773. The van der Waals surface area contributed by atoms with Crippen LogP contribution in [-0.4, -0.2) is 31.6 Å². The largest absolute Gasteiger partial charge is 0.467 e. The lowest BCUT2D eigenvalue weighted by Gasteiger charge is -2.20. The minimum Gasteiger partial charge on any atom is -0.467 e. The predicted molar refractivity (Wildman–Crippen MR) is 80.2 cm³/mol. The molecule has 0 heterocycles. The van der Waals surface area contributed by atoms with Crippen LogP contribution >= 0.6 is 15.9 Å². The Morgan fingerprint density at radius 3 is 2.65 bits per heavy atom. The number of nitrogens with one attached hydrogen (secondary N) is 2. The highest BCUT2D eigenvalue weighted by molar-refractivity contribution is 9.10. The zero-order chi connectivity index (χ0) is 15.1. The maximum absolute atomic E-state index is 11.6. The molecule has 0 saturated carbocycles. The zero-order valence-corrected chi connectivity index (χ0v) is 13.4. The Balaban J connectivity index is 2.62. The van der Waals surface area contributed by atoms with Gasteiger partial charge < -0.3 is 15.4 Å². The van der Waals surface area contributed by atoms with E-state index in [0.717, 1.165) is 10.0 Å². The fourth-order valence-electron chi connectivity index (χ4n) is 1.77. The van der Waals surface area contributed by atoms with Gasteiger partial charge in [0.2, 0.25) is 5.91 Å². The molecule has 0 aliphatic rings. The summed E-state index contributed by atoms with van der Waals surface area (Å²) in [5, 5.41) is 5.77. The first kappa shape index (κ1) is 16.7. The summed E-state index contributed by atoms with van der Waals surface area (Å²) in [6.07, 6.45) is 0. The molecule has 0 saturated heterocycles. The van der Waals surface area contributed by atoms with E-state index in [2.05, 4.69) is 31.3 Å². The molecule has 0 radical (unpaired) electrons. The molecule has 1 aromatic carbocycles. The maximum atomic E-state index is 11.6. The first-order chi connectivity index (χ1) is 9.43. The monoisotopic (exact) mass is 342 g/mol. The van der Waals surface area contributed by atoms with Crippen molar-refractivity contribution in [3.8, 4) is 0 Å². The van der Waals surface area contributed by atoms with E-state index in [4.69, 9.17) is 0 Å². The number of carbonyl (C=O) groups excluding carboxylic acids is 2. The molecule has 1 aromatic rings. The standard InChI is InChI=1S/C14H19BrN2O3/c1-9(11-5-4-6-12(15)7-11)16-8-13(14(19)20-3)17-10(2)18/h4-7,9,13,16H,8H2,1-3H3,(H,17,18)/t9-,13?/m1/s1. The fourth-order valence-corrected chi connectivity index (χ4v) is 2.19. The molecule has 5 nitrogen and oxygen atoms in total. The van der Waals surface area contributed by atoms with Crippen LogP contribution < -0.4 is 10.6 Å². The van der Waals surface area contributed by atoms with E-state index in [0.29, 0.717) is 6.54 Å². The van der Waals surface area contributed by atoms with Gasteiger partial charge in [0.25, 0.3) is 0 Å². The number of ether oxygens (including phenoxy) is 1. The van der Waals surface area contributed by atoms with Gasteiger partial charge in [-0.2, -0.15) is 0 Å². The highest BCUT2D eigenvalue weighted by Crippen LogP contribution is 2.17. The van der Waals surface area contributed by atoms with Crippen molar-refractivity contribution < 1.29 is 14.3 Å². The second-order valence-corrected chi connectivity index (χ2v) is 5.38. The van der Waals surface area contributed by atoms with Gasteiger partial charge in [-0.3, -0.25) is 4.79 Å². The fraction of sp³-hybridized carbons (Fsp3) is 0.429. The highest BCUT2D eigenvalue weighted by Gasteiger charge is 2.20. The minimum absolute atomic E-state index is 0.0495. The third kappa shape index (κ3) is 5.30. The topological polar surface area (TPSA) is 67.4 Å². The molecule has 2 N–H and O–H groups in total. The van der Waals surface area contributed by atoms with Crippen LogP contribution in [0.4, 0.5) is 0 Å². The summed E-state index contributed by atoms with van der Waals surface area (Å²) in [4.78, 5) is 22.6. The van der Waals surface area contributed by atoms with Gasteiger partial charge in [0.05, 0.1) is 7.11 Å². The van der Waals surface area contributed by atoms with Crippen LogP contribution in [0.15, 0.2) is 28.7 Å². The molecule has 1 amide bonds. The van der Waals surface area contributed by atoms with Gasteiger partial charge in [-0.15, -0.1) is 0 Å². The van der Waals surface area contributed by atoms with Crippen molar-refractivity contribution in [1.29, 1.82) is 0 Å². The first-order valence-corrected chi connectivity index (χ1v) is 7.07. The summed E-state index contributed by atoms with van der Waals surface area (Å²) < 4.78 is 5.66. The lowest BCUT2D eigenvalue weighted by atomic mass is 10.1. The van der Waals surface area contributed by atoms with Crippen LogP contribution in [0.2, 0.25) is 0 Å². The Morgan fingerprint density at radius 2 is 2.10 bits per heavy atom. The van der Waals surface area contributed by atoms with Crippen molar-refractivity contribution in [2.24, 2.45) is 0 Å². The molecule has 0 aliphatic heterocycles. The van der Waals surface area contributed by atoms with Crippen LogP contribution in [0, 0.1) is 0 Å². The van der Waals surface area contributed by atoms with Crippen LogP contribution in [0.3, 0.4) is 0 Å². The van der Waals surface area contributed by atoms with Crippen LogP contribution in [0.5, 0.6) is 0 Å². The first-order valence-electron chi connectivity index (χ1n) is 6.27. The second kappa shape index (κ2) is 8.01. The molecule has 0 bridgehead atoms. The van der Waals surface area contributed by atoms with Crippen molar-refractivity contribution >= 4 is 27.8 Å². The van der Waals surface area contributed by atoms with Crippen molar-refractivity contribution in [3.63, 3.8) is 0 Å². The van der Waals surface area contributed by atoms with Crippen LogP contribution in [0.25, 0.3) is 0 Å². The molecule has 0 fully saturated rings. The number of esters is 1. The van der Waals surface area contributed by atoms with Gasteiger partial charge in [0.15, 0.2) is 0 Å². The third-order valence-corrected chi connectivity index (χ3v) is 3.33. The second-order valence-electron chi connectivity index (χ2n) is 4.46. The number of carbonyl (C=O) groups is 2. The summed E-state index contributed by atoms with van der Waals surface area (Å²) >= 11 is 3.42. The van der Waals surface area contributed by atoms with E-state index in [9.17, 15) is 9.59 Å². The smallest absolute Gasteiger partial charge is 0.329 e. The SMILES string of the molecule is COC(=O)C(CN[C@H](C)c1cccc(Br)c1)NC(C)=O. The molecule has 0 aromatic heterocycles. The Labute approximate surface area is 127 Å².